The van der Waals surface area contributed by atoms with E-state index in [1.165, 1.54) is 11.3 Å². The highest BCUT2D eigenvalue weighted by Crippen LogP contribution is 2.28. The van der Waals surface area contributed by atoms with Gasteiger partial charge in [0.25, 0.3) is 5.89 Å². The van der Waals surface area contributed by atoms with Crippen LogP contribution in [0.5, 0.6) is 0 Å². The number of aromatic nitrogens is 3. The maximum Gasteiger partial charge on any atom is 0.312 e. The van der Waals surface area contributed by atoms with Gasteiger partial charge in [0.15, 0.2) is 6.10 Å². The minimum Gasteiger partial charge on any atom is -0.452 e. The topological polar surface area (TPSA) is 78.1 Å². The van der Waals surface area contributed by atoms with Crippen molar-refractivity contribution >= 4 is 28.6 Å². The van der Waals surface area contributed by atoms with Gasteiger partial charge in [-0.1, -0.05) is 24.3 Å². The zero-order valence-electron chi connectivity index (χ0n) is 14.4. The van der Waals surface area contributed by atoms with E-state index in [1.807, 2.05) is 53.2 Å². The molecule has 27 heavy (non-hydrogen) atoms. The van der Waals surface area contributed by atoms with Crippen LogP contribution in [0.15, 0.2) is 57.6 Å². The number of thiazole rings is 1. The van der Waals surface area contributed by atoms with Gasteiger partial charge < -0.3 is 9.15 Å². The Labute approximate surface area is 163 Å². The molecule has 0 aliphatic heterocycles. The van der Waals surface area contributed by atoms with Crippen molar-refractivity contribution in [1.29, 1.82) is 0 Å². The van der Waals surface area contributed by atoms with E-state index in [0.29, 0.717) is 11.6 Å². The zero-order chi connectivity index (χ0) is 18.6. The van der Waals surface area contributed by atoms with Crippen molar-refractivity contribution in [3.8, 4) is 21.3 Å². The summed E-state index contributed by atoms with van der Waals surface area (Å²) in [5.41, 5.74) is 1.51. The fourth-order valence-corrected chi connectivity index (χ4v) is 4.07. The third-order valence-electron chi connectivity index (χ3n) is 3.73. The van der Waals surface area contributed by atoms with E-state index < -0.39 is 6.10 Å². The predicted octanol–water partition coefficient (Wildman–Crippen LogP) is 4.77. The van der Waals surface area contributed by atoms with Crippen LogP contribution < -0.4 is 0 Å². The van der Waals surface area contributed by atoms with E-state index in [9.17, 15) is 4.79 Å². The number of hydrogen-bond acceptors (Lipinski definition) is 8. The molecule has 3 aromatic heterocycles. The molecule has 0 N–H and O–H groups in total. The first kappa shape index (κ1) is 17.6. The summed E-state index contributed by atoms with van der Waals surface area (Å²) in [5, 5.41) is 12.8. The van der Waals surface area contributed by atoms with Crippen LogP contribution in [0.4, 0.5) is 0 Å². The van der Waals surface area contributed by atoms with Crippen LogP contribution in [-0.2, 0) is 16.0 Å². The number of carbonyl (C=O) groups is 1. The molecule has 1 unspecified atom stereocenters. The highest BCUT2D eigenvalue weighted by molar-refractivity contribution is 7.20. The lowest BCUT2D eigenvalue weighted by molar-refractivity contribution is -0.148. The molecule has 0 saturated carbocycles. The van der Waals surface area contributed by atoms with Crippen LogP contribution in [0.3, 0.4) is 0 Å². The van der Waals surface area contributed by atoms with Crippen molar-refractivity contribution in [3.05, 3.63) is 64.8 Å². The Morgan fingerprint density at radius 3 is 2.78 bits per heavy atom. The van der Waals surface area contributed by atoms with Crippen LogP contribution in [0.25, 0.3) is 21.3 Å². The van der Waals surface area contributed by atoms with Gasteiger partial charge in [-0.25, -0.2) is 4.98 Å². The van der Waals surface area contributed by atoms with Crippen molar-refractivity contribution in [2.75, 3.05) is 0 Å². The Morgan fingerprint density at radius 2 is 2.00 bits per heavy atom. The van der Waals surface area contributed by atoms with Gasteiger partial charge in [0.2, 0.25) is 5.89 Å². The fourth-order valence-electron chi connectivity index (χ4n) is 2.43. The van der Waals surface area contributed by atoms with Crippen molar-refractivity contribution in [3.63, 3.8) is 0 Å². The summed E-state index contributed by atoms with van der Waals surface area (Å²) in [4.78, 5) is 17.8. The Bertz CT molecular complexity index is 1030. The van der Waals surface area contributed by atoms with E-state index in [4.69, 9.17) is 9.15 Å². The zero-order valence-corrected chi connectivity index (χ0v) is 16.0. The minimum absolute atomic E-state index is 0.103. The van der Waals surface area contributed by atoms with Gasteiger partial charge in [-0.15, -0.1) is 32.9 Å². The second-order valence-electron chi connectivity index (χ2n) is 5.74. The average Bonchev–Trinajstić information content (AvgIpc) is 3.43. The maximum absolute atomic E-state index is 12.2. The number of carbonyl (C=O) groups excluding carboxylic acids is 1. The normalized spacial score (nSPS) is 12.0. The molecule has 1 aromatic carbocycles. The van der Waals surface area contributed by atoms with Crippen LogP contribution in [0.2, 0.25) is 0 Å². The van der Waals surface area contributed by atoms with E-state index in [1.54, 1.807) is 18.3 Å². The van der Waals surface area contributed by atoms with Crippen molar-refractivity contribution in [2.45, 2.75) is 19.4 Å². The third kappa shape index (κ3) is 4.12. The van der Waals surface area contributed by atoms with Gasteiger partial charge in [-0.3, -0.25) is 4.79 Å². The lowest BCUT2D eigenvalue weighted by Gasteiger charge is -2.08. The van der Waals surface area contributed by atoms with E-state index >= 15 is 0 Å². The van der Waals surface area contributed by atoms with Crippen molar-refractivity contribution in [2.24, 2.45) is 0 Å². The molecule has 4 rings (SSSR count). The number of rotatable bonds is 6. The lowest BCUT2D eigenvalue weighted by Crippen LogP contribution is -2.12. The Kier molecular flexibility index (Phi) is 5.08. The molecule has 0 spiro atoms. The number of nitrogens with zero attached hydrogens (tertiary/aromatic N) is 3. The van der Waals surface area contributed by atoms with Crippen LogP contribution in [-0.4, -0.2) is 21.2 Å². The highest BCUT2D eigenvalue weighted by Gasteiger charge is 2.20. The van der Waals surface area contributed by atoms with Gasteiger partial charge >= 0.3 is 5.97 Å². The quantitative estimate of drug-likeness (QED) is 0.436. The van der Waals surface area contributed by atoms with E-state index in [0.717, 1.165) is 15.4 Å². The van der Waals surface area contributed by atoms with Crippen molar-refractivity contribution < 1.29 is 13.9 Å². The number of thiophene rings is 1. The molecule has 0 fully saturated rings. The first-order valence-electron chi connectivity index (χ1n) is 8.25. The van der Waals surface area contributed by atoms with Gasteiger partial charge in [-0.2, -0.15) is 0 Å². The summed E-state index contributed by atoms with van der Waals surface area (Å²) in [7, 11) is 0. The molecule has 0 aliphatic carbocycles. The molecule has 0 radical (unpaired) electrons. The molecule has 6 nitrogen and oxygen atoms in total. The second kappa shape index (κ2) is 7.81. The molecule has 8 heteroatoms. The number of hydrogen-bond donors (Lipinski definition) is 0. The molecule has 3 heterocycles. The summed E-state index contributed by atoms with van der Waals surface area (Å²) < 4.78 is 11.0. The summed E-state index contributed by atoms with van der Waals surface area (Å²) in [6.45, 7) is 1.71. The fraction of sp³-hybridized carbons (Fsp3) is 0.158. The van der Waals surface area contributed by atoms with Gasteiger partial charge in [0.05, 0.1) is 17.0 Å². The number of benzene rings is 1. The number of esters is 1. The third-order valence-corrected chi connectivity index (χ3v) is 5.66. The Balaban J connectivity index is 1.38. The van der Waals surface area contributed by atoms with E-state index in [-0.39, 0.29) is 18.3 Å². The first-order chi connectivity index (χ1) is 13.2. The second-order valence-corrected chi connectivity index (χ2v) is 7.55. The predicted molar refractivity (Wildman–Crippen MR) is 103 cm³/mol. The summed E-state index contributed by atoms with van der Waals surface area (Å²) in [5.74, 6) is 0.276. The monoisotopic (exact) mass is 397 g/mol. The molecule has 0 saturated heterocycles. The average molecular weight is 397 g/mol. The molecule has 0 bridgehead atoms. The lowest BCUT2D eigenvalue weighted by atomic mass is 10.2. The summed E-state index contributed by atoms with van der Waals surface area (Å²) in [6, 6.07) is 13.4. The minimum atomic E-state index is -0.627. The first-order valence-corrected chi connectivity index (χ1v) is 10.0. The van der Waals surface area contributed by atoms with Gasteiger partial charge in [0, 0.05) is 10.9 Å². The van der Waals surface area contributed by atoms with Crippen LogP contribution in [0, 0.1) is 0 Å². The van der Waals surface area contributed by atoms with Gasteiger partial charge in [-0.05, 0) is 30.5 Å². The SMILES string of the molecule is CC(OC(=O)Cc1csc(-c2cccs2)n1)c1nnc(-c2ccccc2)o1. The highest BCUT2D eigenvalue weighted by atomic mass is 32.1. The van der Waals surface area contributed by atoms with Gasteiger partial charge in [0.1, 0.15) is 5.01 Å². The molecular formula is C19H15N3O3S2. The summed E-state index contributed by atoms with van der Waals surface area (Å²) in [6.07, 6.45) is -0.524. The molecule has 0 amide bonds. The molecular weight excluding hydrogens is 382 g/mol. The smallest absolute Gasteiger partial charge is 0.312 e. The maximum atomic E-state index is 12.2. The standard InChI is InChI=1S/C19H15N3O3S2/c1-12(17-21-22-18(25-17)13-6-3-2-4-7-13)24-16(23)10-14-11-27-19(20-14)15-8-5-9-26-15/h2-9,11-12H,10H2,1H3. The molecule has 0 aliphatic rings. The molecule has 1 atom stereocenters. The number of ether oxygens (including phenoxy) is 1. The summed E-state index contributed by atoms with van der Waals surface area (Å²) >= 11 is 3.14. The van der Waals surface area contributed by atoms with Crippen LogP contribution >= 0.6 is 22.7 Å². The van der Waals surface area contributed by atoms with Crippen LogP contribution in [0.1, 0.15) is 24.6 Å². The largest absolute Gasteiger partial charge is 0.452 e. The van der Waals surface area contributed by atoms with E-state index in [2.05, 4.69) is 15.2 Å². The molecule has 136 valence electrons. The molecule has 4 aromatic rings. The Hall–Kier alpha value is -2.84. The van der Waals surface area contributed by atoms with Crippen molar-refractivity contribution in [1.82, 2.24) is 15.2 Å². The Morgan fingerprint density at radius 1 is 1.15 bits per heavy atom.